The van der Waals surface area contributed by atoms with Gasteiger partial charge in [0.15, 0.2) is 5.76 Å². The topological polar surface area (TPSA) is 123 Å². The second kappa shape index (κ2) is 6.59. The zero-order valence-corrected chi connectivity index (χ0v) is 13.0. The minimum absolute atomic E-state index is 0.0175. The minimum Gasteiger partial charge on any atom is -0.395 e. The molecular weight excluding hydrogens is 332 g/mol. The van der Waals surface area contributed by atoms with Crippen LogP contribution in [-0.2, 0) is 0 Å². The number of carbonyl (C=O) groups is 1. The van der Waals surface area contributed by atoms with Crippen molar-refractivity contribution in [2.75, 3.05) is 31.1 Å². The Kier molecular flexibility index (Phi) is 4.33. The molecule has 1 amide bonds. The Bertz CT molecular complexity index is 825. The number of furan rings is 1. The van der Waals surface area contributed by atoms with Crippen LogP contribution in [0.15, 0.2) is 40.8 Å². The van der Waals surface area contributed by atoms with Gasteiger partial charge in [-0.2, -0.15) is 0 Å². The van der Waals surface area contributed by atoms with Gasteiger partial charge in [0.25, 0.3) is 11.6 Å². The van der Waals surface area contributed by atoms with Crippen molar-refractivity contribution in [2.45, 2.75) is 0 Å². The number of carbonyl (C=O) groups excluding carboxylic acids is 1. The summed E-state index contributed by atoms with van der Waals surface area (Å²) in [6.07, 6.45) is 0. The van der Waals surface area contributed by atoms with E-state index >= 15 is 0 Å². The van der Waals surface area contributed by atoms with Crippen LogP contribution in [0.5, 0.6) is 0 Å². The first-order chi connectivity index (χ1) is 12.0. The van der Waals surface area contributed by atoms with E-state index in [9.17, 15) is 25.0 Å². The molecule has 0 bridgehead atoms. The SMILES string of the molecule is O=C(c1ccc([N+](=O)[O-])o1)N1CCN(c2ccccc2[N+](=O)[O-])CC1. The molecule has 1 aliphatic heterocycles. The molecule has 2 heterocycles. The van der Waals surface area contributed by atoms with E-state index in [2.05, 4.69) is 0 Å². The van der Waals surface area contributed by atoms with Crippen LogP contribution < -0.4 is 4.90 Å². The van der Waals surface area contributed by atoms with E-state index in [4.69, 9.17) is 4.42 Å². The molecule has 1 fully saturated rings. The fourth-order valence-electron chi connectivity index (χ4n) is 2.73. The Morgan fingerprint density at radius 2 is 1.64 bits per heavy atom. The fourth-order valence-corrected chi connectivity index (χ4v) is 2.73. The van der Waals surface area contributed by atoms with Crippen molar-refractivity contribution in [3.63, 3.8) is 0 Å². The molecule has 1 aliphatic rings. The number of para-hydroxylation sites is 2. The van der Waals surface area contributed by atoms with Gasteiger partial charge in [-0.25, -0.2) is 0 Å². The molecule has 0 radical (unpaired) electrons. The summed E-state index contributed by atoms with van der Waals surface area (Å²) in [7, 11) is 0. The average Bonchev–Trinajstić information content (AvgIpc) is 3.11. The maximum atomic E-state index is 12.3. The van der Waals surface area contributed by atoms with Gasteiger partial charge in [0.05, 0.1) is 11.0 Å². The van der Waals surface area contributed by atoms with Gasteiger partial charge in [-0.15, -0.1) is 0 Å². The molecule has 10 nitrogen and oxygen atoms in total. The Balaban J connectivity index is 1.68. The zero-order valence-electron chi connectivity index (χ0n) is 13.0. The van der Waals surface area contributed by atoms with Crippen molar-refractivity contribution < 1.29 is 19.1 Å². The van der Waals surface area contributed by atoms with E-state index in [1.807, 2.05) is 4.90 Å². The number of benzene rings is 1. The van der Waals surface area contributed by atoms with Crippen molar-refractivity contribution in [1.82, 2.24) is 4.90 Å². The maximum absolute atomic E-state index is 12.3. The molecule has 2 aromatic rings. The summed E-state index contributed by atoms with van der Waals surface area (Å²) in [5, 5.41) is 21.8. The Hall–Kier alpha value is -3.43. The summed E-state index contributed by atoms with van der Waals surface area (Å²) in [5.74, 6) is -1.01. The minimum atomic E-state index is -0.705. The molecule has 0 unspecified atom stereocenters. The lowest BCUT2D eigenvalue weighted by atomic mass is 10.2. The number of nitro groups is 2. The van der Waals surface area contributed by atoms with E-state index < -0.39 is 21.6 Å². The highest BCUT2D eigenvalue weighted by Crippen LogP contribution is 2.28. The highest BCUT2D eigenvalue weighted by Gasteiger charge is 2.28. The molecule has 10 heteroatoms. The van der Waals surface area contributed by atoms with Crippen LogP contribution in [0.1, 0.15) is 10.6 Å². The van der Waals surface area contributed by atoms with Crippen LogP contribution >= 0.6 is 0 Å². The summed E-state index contributed by atoms with van der Waals surface area (Å²) in [6, 6.07) is 8.85. The number of nitrogens with zero attached hydrogens (tertiary/aromatic N) is 4. The molecule has 1 aromatic heterocycles. The van der Waals surface area contributed by atoms with E-state index in [0.29, 0.717) is 31.9 Å². The van der Waals surface area contributed by atoms with Gasteiger partial charge in [-0.1, -0.05) is 12.1 Å². The largest absolute Gasteiger partial charge is 0.433 e. The Morgan fingerprint density at radius 3 is 2.24 bits per heavy atom. The van der Waals surface area contributed by atoms with E-state index in [0.717, 1.165) is 6.07 Å². The van der Waals surface area contributed by atoms with Crippen LogP contribution in [0.25, 0.3) is 0 Å². The molecule has 0 spiro atoms. The summed E-state index contributed by atoms with van der Waals surface area (Å²) in [5.41, 5.74) is 0.525. The first-order valence-electron chi connectivity index (χ1n) is 7.49. The summed E-state index contributed by atoms with van der Waals surface area (Å²) in [4.78, 5) is 36.3. The smallest absolute Gasteiger partial charge is 0.395 e. The van der Waals surface area contributed by atoms with Gasteiger partial charge in [0.2, 0.25) is 0 Å². The third-order valence-corrected chi connectivity index (χ3v) is 3.97. The summed E-state index contributed by atoms with van der Waals surface area (Å²) in [6.45, 7) is 1.50. The standard InChI is InChI=1S/C15H14N4O6/c20-15(13-5-6-14(25-13)19(23)24)17-9-7-16(8-10-17)11-3-1-2-4-12(11)18(21)22/h1-6H,7-10H2. The Morgan fingerprint density at radius 1 is 0.960 bits per heavy atom. The third kappa shape index (κ3) is 3.27. The number of nitro benzene ring substituents is 1. The summed E-state index contributed by atoms with van der Waals surface area (Å²) >= 11 is 0. The molecule has 0 N–H and O–H groups in total. The van der Waals surface area contributed by atoms with Crippen LogP contribution in [0.4, 0.5) is 17.3 Å². The van der Waals surface area contributed by atoms with Crippen molar-refractivity contribution in [2.24, 2.45) is 0 Å². The van der Waals surface area contributed by atoms with Gasteiger partial charge < -0.3 is 14.2 Å². The van der Waals surface area contributed by atoms with Crippen molar-refractivity contribution in [1.29, 1.82) is 0 Å². The van der Waals surface area contributed by atoms with Crippen molar-refractivity contribution >= 4 is 23.2 Å². The van der Waals surface area contributed by atoms with Gasteiger partial charge in [0, 0.05) is 32.2 Å². The van der Waals surface area contributed by atoms with Gasteiger partial charge in [-0.3, -0.25) is 25.0 Å². The van der Waals surface area contributed by atoms with Gasteiger partial charge in [-0.05, 0) is 12.1 Å². The number of amides is 1. The van der Waals surface area contributed by atoms with Crippen LogP contribution in [-0.4, -0.2) is 46.8 Å². The molecule has 0 saturated carbocycles. The third-order valence-electron chi connectivity index (χ3n) is 3.97. The zero-order chi connectivity index (χ0) is 18.0. The normalized spacial score (nSPS) is 14.4. The van der Waals surface area contributed by atoms with E-state index in [1.54, 1.807) is 18.2 Å². The molecule has 130 valence electrons. The number of hydrogen-bond donors (Lipinski definition) is 0. The molecule has 0 atom stereocenters. The van der Waals surface area contributed by atoms with Crippen LogP contribution in [0.2, 0.25) is 0 Å². The average molecular weight is 346 g/mol. The Labute approximate surface area is 141 Å². The number of rotatable bonds is 4. The second-order valence-corrected chi connectivity index (χ2v) is 5.42. The van der Waals surface area contributed by atoms with Crippen LogP contribution in [0.3, 0.4) is 0 Å². The number of anilines is 1. The monoisotopic (exact) mass is 346 g/mol. The molecular formula is C15H14N4O6. The first kappa shape index (κ1) is 16.4. The maximum Gasteiger partial charge on any atom is 0.433 e. The predicted molar refractivity (Wildman–Crippen MR) is 86.6 cm³/mol. The number of piperazine rings is 1. The van der Waals surface area contributed by atoms with Crippen molar-refractivity contribution in [3.05, 3.63) is 62.4 Å². The first-order valence-corrected chi connectivity index (χ1v) is 7.49. The lowest BCUT2D eigenvalue weighted by Crippen LogP contribution is -2.48. The lowest BCUT2D eigenvalue weighted by molar-refractivity contribution is -0.402. The van der Waals surface area contributed by atoms with Crippen LogP contribution in [0, 0.1) is 20.2 Å². The molecule has 25 heavy (non-hydrogen) atoms. The van der Waals surface area contributed by atoms with E-state index in [-0.39, 0.29) is 11.4 Å². The second-order valence-electron chi connectivity index (χ2n) is 5.42. The quantitative estimate of drug-likeness (QED) is 0.613. The van der Waals surface area contributed by atoms with Gasteiger partial charge >= 0.3 is 5.88 Å². The fraction of sp³-hybridized carbons (Fsp3) is 0.267. The molecule has 3 rings (SSSR count). The van der Waals surface area contributed by atoms with Gasteiger partial charge in [0.1, 0.15) is 10.6 Å². The predicted octanol–water partition coefficient (Wildman–Crippen LogP) is 2.06. The van der Waals surface area contributed by atoms with Crippen molar-refractivity contribution in [3.8, 4) is 0 Å². The summed E-state index contributed by atoms with van der Waals surface area (Å²) < 4.78 is 4.93. The highest BCUT2D eigenvalue weighted by molar-refractivity contribution is 5.92. The highest BCUT2D eigenvalue weighted by atomic mass is 16.6. The molecule has 0 aliphatic carbocycles. The molecule has 1 aromatic carbocycles. The lowest BCUT2D eigenvalue weighted by Gasteiger charge is -2.35. The number of hydrogen-bond acceptors (Lipinski definition) is 7. The van der Waals surface area contributed by atoms with E-state index in [1.165, 1.54) is 17.0 Å². The molecule has 1 saturated heterocycles.